The third-order valence-corrected chi connectivity index (χ3v) is 3.67. The minimum Gasteiger partial charge on any atom is -0.216 e. The molecule has 0 aliphatic heterocycles. The van der Waals surface area contributed by atoms with Crippen LogP contribution in [0.4, 0.5) is 0 Å². The zero-order valence-corrected chi connectivity index (χ0v) is 10.8. The molecule has 0 amide bonds. The van der Waals surface area contributed by atoms with Gasteiger partial charge in [-0.05, 0) is 23.6 Å². The summed E-state index contributed by atoms with van der Waals surface area (Å²) in [4.78, 5) is 1.19. The summed E-state index contributed by atoms with van der Waals surface area (Å²) in [6, 6.07) is 15.9. The number of thiophene rings is 1. The highest BCUT2D eigenvalue weighted by Gasteiger charge is 2.14. The highest BCUT2D eigenvalue weighted by Crippen LogP contribution is 2.19. The topological polar surface area (TPSA) is 54.5 Å². The molecular formula is C14H10N4S. The van der Waals surface area contributed by atoms with E-state index in [0.717, 1.165) is 11.4 Å². The Labute approximate surface area is 114 Å². The van der Waals surface area contributed by atoms with Crippen LogP contribution >= 0.6 is 11.3 Å². The number of nitriles is 1. The van der Waals surface area contributed by atoms with Crippen molar-refractivity contribution in [3.05, 3.63) is 64.1 Å². The largest absolute Gasteiger partial charge is 0.216 e. The average Bonchev–Trinajstić information content (AvgIpc) is 3.10. The Balaban J connectivity index is 2.07. The van der Waals surface area contributed by atoms with Crippen LogP contribution in [0.2, 0.25) is 0 Å². The van der Waals surface area contributed by atoms with E-state index in [2.05, 4.69) is 16.4 Å². The Bertz CT molecular complexity index is 708. The number of rotatable bonds is 3. The van der Waals surface area contributed by atoms with Gasteiger partial charge in [0.05, 0.1) is 11.4 Å². The summed E-state index contributed by atoms with van der Waals surface area (Å²) in [5.74, 6) is 0. The summed E-state index contributed by atoms with van der Waals surface area (Å²) in [5, 5.41) is 19.2. The number of hydrogen-bond acceptors (Lipinski definition) is 4. The molecule has 0 radical (unpaired) electrons. The monoisotopic (exact) mass is 266 g/mol. The van der Waals surface area contributed by atoms with Crippen molar-refractivity contribution in [2.24, 2.45) is 0 Å². The molecule has 0 aliphatic rings. The Morgan fingerprint density at radius 3 is 2.68 bits per heavy atom. The van der Waals surface area contributed by atoms with Crippen LogP contribution in [0.5, 0.6) is 0 Å². The van der Waals surface area contributed by atoms with Gasteiger partial charge in [-0.3, -0.25) is 0 Å². The van der Waals surface area contributed by atoms with Crippen LogP contribution in [0.25, 0.3) is 5.69 Å². The fourth-order valence-electron chi connectivity index (χ4n) is 1.90. The molecule has 1 aromatic carbocycles. The number of para-hydroxylation sites is 1. The Morgan fingerprint density at radius 2 is 2.00 bits per heavy atom. The van der Waals surface area contributed by atoms with Crippen molar-refractivity contribution in [3.8, 4) is 11.8 Å². The van der Waals surface area contributed by atoms with Crippen LogP contribution in [0.15, 0.2) is 47.8 Å². The third kappa shape index (κ3) is 2.26. The summed E-state index contributed by atoms with van der Waals surface area (Å²) in [7, 11) is 0. The van der Waals surface area contributed by atoms with Gasteiger partial charge in [0, 0.05) is 11.3 Å². The van der Waals surface area contributed by atoms with Crippen LogP contribution in [-0.4, -0.2) is 15.0 Å². The summed E-state index contributed by atoms with van der Waals surface area (Å²) >= 11 is 1.67. The van der Waals surface area contributed by atoms with Crippen molar-refractivity contribution in [3.63, 3.8) is 0 Å². The molecule has 0 saturated carbocycles. The van der Waals surface area contributed by atoms with Gasteiger partial charge in [-0.25, -0.2) is 4.68 Å². The standard InChI is InChI=1S/C14H10N4S/c15-10-13-14(9-12-7-4-8-19-12)18(17-16-13)11-5-2-1-3-6-11/h1-8H,9H2. The van der Waals surface area contributed by atoms with Gasteiger partial charge in [0.2, 0.25) is 0 Å². The van der Waals surface area contributed by atoms with Gasteiger partial charge in [0.1, 0.15) is 6.07 Å². The maximum absolute atomic E-state index is 9.14. The predicted octanol–water partition coefficient (Wildman–Crippen LogP) is 2.79. The van der Waals surface area contributed by atoms with Gasteiger partial charge < -0.3 is 0 Å². The molecule has 2 aromatic heterocycles. The maximum Gasteiger partial charge on any atom is 0.186 e. The van der Waals surface area contributed by atoms with E-state index in [0.29, 0.717) is 12.1 Å². The minimum atomic E-state index is 0.386. The second-order valence-corrected chi connectivity index (χ2v) is 5.03. The van der Waals surface area contributed by atoms with Gasteiger partial charge in [-0.2, -0.15) is 5.26 Å². The van der Waals surface area contributed by atoms with Crippen LogP contribution in [0.3, 0.4) is 0 Å². The van der Waals surface area contributed by atoms with E-state index in [4.69, 9.17) is 5.26 Å². The first-order chi connectivity index (χ1) is 9.38. The minimum absolute atomic E-state index is 0.386. The van der Waals surface area contributed by atoms with E-state index in [-0.39, 0.29) is 0 Å². The van der Waals surface area contributed by atoms with Crippen molar-refractivity contribution < 1.29 is 0 Å². The Morgan fingerprint density at radius 1 is 1.16 bits per heavy atom. The lowest BCUT2D eigenvalue weighted by molar-refractivity contribution is 0.774. The number of benzene rings is 1. The maximum atomic E-state index is 9.14. The molecule has 0 bridgehead atoms. The Hall–Kier alpha value is -2.45. The second kappa shape index (κ2) is 5.04. The van der Waals surface area contributed by atoms with Crippen molar-refractivity contribution in [2.45, 2.75) is 6.42 Å². The molecule has 0 spiro atoms. The first kappa shape index (κ1) is 11.6. The fourth-order valence-corrected chi connectivity index (χ4v) is 2.61. The molecule has 0 saturated heterocycles. The molecule has 0 fully saturated rings. The molecule has 4 nitrogen and oxygen atoms in total. The molecular weight excluding hydrogens is 256 g/mol. The number of aromatic nitrogens is 3. The first-order valence-electron chi connectivity index (χ1n) is 5.81. The van der Waals surface area contributed by atoms with E-state index in [1.807, 2.05) is 47.8 Å². The van der Waals surface area contributed by atoms with E-state index in [1.54, 1.807) is 16.0 Å². The quantitative estimate of drug-likeness (QED) is 0.732. The average molecular weight is 266 g/mol. The smallest absolute Gasteiger partial charge is 0.186 e. The van der Waals surface area contributed by atoms with Crippen molar-refractivity contribution >= 4 is 11.3 Å². The molecule has 19 heavy (non-hydrogen) atoms. The third-order valence-electron chi connectivity index (χ3n) is 2.79. The molecule has 0 N–H and O–H groups in total. The molecule has 0 unspecified atom stereocenters. The molecule has 3 rings (SSSR count). The van der Waals surface area contributed by atoms with E-state index < -0.39 is 0 Å². The van der Waals surface area contributed by atoms with Gasteiger partial charge >= 0.3 is 0 Å². The zero-order chi connectivity index (χ0) is 13.1. The second-order valence-electron chi connectivity index (χ2n) is 4.00. The molecule has 2 heterocycles. The van der Waals surface area contributed by atoms with Crippen LogP contribution in [0, 0.1) is 11.3 Å². The molecule has 92 valence electrons. The number of nitrogens with zero attached hydrogens (tertiary/aromatic N) is 4. The fraction of sp³-hybridized carbons (Fsp3) is 0.0714. The molecule has 0 aliphatic carbocycles. The highest BCUT2D eigenvalue weighted by molar-refractivity contribution is 7.09. The van der Waals surface area contributed by atoms with E-state index in [1.165, 1.54) is 4.88 Å². The summed E-state index contributed by atoms with van der Waals surface area (Å²) in [5.41, 5.74) is 2.14. The number of hydrogen-bond donors (Lipinski definition) is 0. The van der Waals surface area contributed by atoms with Crippen LogP contribution < -0.4 is 0 Å². The molecule has 3 aromatic rings. The summed E-state index contributed by atoms with van der Waals surface area (Å²) in [6.07, 6.45) is 0.669. The molecule has 5 heteroatoms. The normalized spacial score (nSPS) is 10.3. The lowest BCUT2D eigenvalue weighted by Gasteiger charge is -2.05. The lowest BCUT2D eigenvalue weighted by atomic mass is 10.2. The zero-order valence-electron chi connectivity index (χ0n) is 10.0. The van der Waals surface area contributed by atoms with Gasteiger partial charge in [0.15, 0.2) is 5.69 Å². The SMILES string of the molecule is N#Cc1nnn(-c2ccccc2)c1Cc1cccs1. The Kier molecular flexibility index (Phi) is 3.09. The van der Waals surface area contributed by atoms with Crippen molar-refractivity contribution in [1.29, 1.82) is 5.26 Å². The van der Waals surface area contributed by atoms with Gasteiger partial charge in [-0.1, -0.05) is 29.5 Å². The van der Waals surface area contributed by atoms with E-state index >= 15 is 0 Å². The highest BCUT2D eigenvalue weighted by atomic mass is 32.1. The van der Waals surface area contributed by atoms with Crippen LogP contribution in [-0.2, 0) is 6.42 Å². The lowest BCUT2D eigenvalue weighted by Crippen LogP contribution is -2.03. The summed E-state index contributed by atoms with van der Waals surface area (Å²) in [6.45, 7) is 0. The van der Waals surface area contributed by atoms with Crippen LogP contribution in [0.1, 0.15) is 16.3 Å². The van der Waals surface area contributed by atoms with E-state index in [9.17, 15) is 0 Å². The predicted molar refractivity (Wildman–Crippen MR) is 73.2 cm³/mol. The van der Waals surface area contributed by atoms with Crippen molar-refractivity contribution in [2.75, 3.05) is 0 Å². The molecule has 0 atom stereocenters. The van der Waals surface area contributed by atoms with Gasteiger partial charge in [0.25, 0.3) is 0 Å². The first-order valence-corrected chi connectivity index (χ1v) is 6.69. The van der Waals surface area contributed by atoms with Gasteiger partial charge in [-0.15, -0.1) is 16.4 Å². The van der Waals surface area contributed by atoms with Crippen molar-refractivity contribution in [1.82, 2.24) is 15.0 Å². The summed E-state index contributed by atoms with van der Waals surface area (Å²) < 4.78 is 1.73.